The van der Waals surface area contributed by atoms with Gasteiger partial charge in [0, 0.05) is 11.8 Å². The van der Waals surface area contributed by atoms with Gasteiger partial charge in [-0.05, 0) is 47.2 Å². The normalized spacial score (nSPS) is 15.5. The number of benzene rings is 3. The summed E-state index contributed by atoms with van der Waals surface area (Å²) in [5.41, 5.74) is 2.86. The lowest BCUT2D eigenvalue weighted by Crippen LogP contribution is -2.29. The highest BCUT2D eigenvalue weighted by Crippen LogP contribution is 2.32. The van der Waals surface area contributed by atoms with E-state index in [1.807, 2.05) is 60.7 Å². The topological polar surface area (TPSA) is 88.1 Å². The molecule has 1 aliphatic heterocycles. The summed E-state index contributed by atoms with van der Waals surface area (Å²) < 4.78 is 4.68. The molecule has 0 atom stereocenters. The van der Waals surface area contributed by atoms with Crippen LogP contribution >= 0.6 is 11.8 Å². The summed E-state index contributed by atoms with van der Waals surface area (Å²) in [5.74, 6) is -1.18. The number of carbonyl (C=O) groups is 3. The van der Waals surface area contributed by atoms with Gasteiger partial charge in [0.25, 0.3) is 5.91 Å². The van der Waals surface area contributed by atoms with Crippen molar-refractivity contribution in [1.29, 1.82) is 0 Å². The number of amidine groups is 1. The molecule has 8 heteroatoms. The van der Waals surface area contributed by atoms with Crippen LogP contribution in [0.15, 0.2) is 101 Å². The van der Waals surface area contributed by atoms with Crippen molar-refractivity contribution in [3.63, 3.8) is 0 Å². The lowest BCUT2D eigenvalue weighted by Gasteiger charge is -2.15. The number of methoxy groups -OCH3 is 1. The van der Waals surface area contributed by atoms with Crippen LogP contribution in [-0.4, -0.2) is 35.0 Å². The van der Waals surface area contributed by atoms with Gasteiger partial charge in [-0.3, -0.25) is 19.5 Å². The Kier molecular flexibility index (Phi) is 7.74. The highest BCUT2D eigenvalue weighted by molar-refractivity contribution is 8.18. The van der Waals surface area contributed by atoms with Crippen LogP contribution in [-0.2, 0) is 27.4 Å². The molecule has 1 heterocycles. The number of anilines is 1. The molecule has 35 heavy (non-hydrogen) atoms. The van der Waals surface area contributed by atoms with E-state index in [0.717, 1.165) is 11.1 Å². The number of hydrogen-bond acceptors (Lipinski definition) is 6. The van der Waals surface area contributed by atoms with Gasteiger partial charge in [0.2, 0.25) is 5.91 Å². The molecule has 1 aliphatic rings. The van der Waals surface area contributed by atoms with Gasteiger partial charge < -0.3 is 10.1 Å². The Bertz CT molecular complexity index is 1270. The predicted octanol–water partition coefficient (Wildman–Crippen LogP) is 4.63. The molecule has 7 nitrogen and oxygen atoms in total. The second-order valence-electron chi connectivity index (χ2n) is 7.63. The SMILES string of the molecule is COC(=O)c1ccc(NC(=O)/C=C2/SC(=NCc3ccccc3)N(Cc3ccccc3)C2=O)cc1. The van der Waals surface area contributed by atoms with Crippen LogP contribution in [0, 0.1) is 0 Å². The number of rotatable bonds is 7. The third-order valence-corrected chi connectivity index (χ3v) is 6.19. The van der Waals surface area contributed by atoms with Gasteiger partial charge in [-0.25, -0.2) is 4.79 Å². The zero-order valence-electron chi connectivity index (χ0n) is 19.0. The van der Waals surface area contributed by atoms with Crippen LogP contribution in [0.3, 0.4) is 0 Å². The van der Waals surface area contributed by atoms with Gasteiger partial charge in [-0.15, -0.1) is 0 Å². The fourth-order valence-electron chi connectivity index (χ4n) is 3.38. The second-order valence-corrected chi connectivity index (χ2v) is 8.64. The molecular formula is C27H23N3O4S. The summed E-state index contributed by atoms with van der Waals surface area (Å²) in [6.07, 6.45) is 1.28. The van der Waals surface area contributed by atoms with Gasteiger partial charge in [0.05, 0.1) is 30.7 Å². The van der Waals surface area contributed by atoms with E-state index < -0.39 is 11.9 Å². The molecule has 1 saturated heterocycles. The number of carbonyl (C=O) groups excluding carboxylic acids is 3. The van der Waals surface area contributed by atoms with Gasteiger partial charge in [0.1, 0.15) is 0 Å². The number of aliphatic imine (C=N–C) groups is 1. The molecule has 0 radical (unpaired) electrons. The Balaban J connectivity index is 1.52. The quantitative estimate of drug-likeness (QED) is 0.390. The zero-order valence-corrected chi connectivity index (χ0v) is 19.8. The van der Waals surface area contributed by atoms with E-state index in [2.05, 4.69) is 15.0 Å². The maximum absolute atomic E-state index is 13.2. The Morgan fingerprint density at radius 3 is 2.20 bits per heavy atom. The van der Waals surface area contributed by atoms with E-state index in [4.69, 9.17) is 0 Å². The molecule has 0 saturated carbocycles. The molecule has 0 aromatic heterocycles. The molecule has 0 aliphatic carbocycles. The third kappa shape index (κ3) is 6.24. The fraction of sp³-hybridized carbons (Fsp3) is 0.111. The number of nitrogens with one attached hydrogen (secondary N) is 1. The third-order valence-electron chi connectivity index (χ3n) is 5.15. The first-order valence-corrected chi connectivity index (χ1v) is 11.7. The van der Waals surface area contributed by atoms with Crippen molar-refractivity contribution in [2.45, 2.75) is 13.1 Å². The van der Waals surface area contributed by atoms with Crippen molar-refractivity contribution in [3.8, 4) is 0 Å². The van der Waals surface area contributed by atoms with E-state index in [1.54, 1.807) is 29.2 Å². The Labute approximate surface area is 207 Å². The minimum absolute atomic E-state index is 0.276. The van der Waals surface area contributed by atoms with E-state index in [-0.39, 0.29) is 10.8 Å². The minimum atomic E-state index is -0.459. The van der Waals surface area contributed by atoms with Crippen LogP contribution in [0.5, 0.6) is 0 Å². The van der Waals surface area contributed by atoms with Gasteiger partial charge in [-0.2, -0.15) is 0 Å². The molecule has 176 valence electrons. The number of esters is 1. The molecule has 4 rings (SSSR count). The molecule has 1 fully saturated rings. The van der Waals surface area contributed by atoms with Gasteiger partial charge >= 0.3 is 5.97 Å². The van der Waals surface area contributed by atoms with E-state index in [9.17, 15) is 14.4 Å². The fourth-order valence-corrected chi connectivity index (χ4v) is 4.33. The Morgan fingerprint density at radius 2 is 1.57 bits per heavy atom. The largest absolute Gasteiger partial charge is 0.465 e. The first kappa shape index (κ1) is 24.0. The number of nitrogens with zero attached hydrogens (tertiary/aromatic N) is 2. The summed E-state index contributed by atoms with van der Waals surface area (Å²) in [7, 11) is 1.30. The van der Waals surface area contributed by atoms with Gasteiger partial charge in [0.15, 0.2) is 5.17 Å². The smallest absolute Gasteiger partial charge is 0.337 e. The van der Waals surface area contributed by atoms with Crippen molar-refractivity contribution in [1.82, 2.24) is 4.90 Å². The predicted molar refractivity (Wildman–Crippen MR) is 137 cm³/mol. The number of amides is 2. The monoisotopic (exact) mass is 485 g/mol. The molecule has 3 aromatic rings. The van der Waals surface area contributed by atoms with Crippen molar-refractivity contribution in [2.24, 2.45) is 4.99 Å². The van der Waals surface area contributed by atoms with E-state index >= 15 is 0 Å². The summed E-state index contributed by atoms with van der Waals surface area (Å²) in [4.78, 5) is 44.0. The van der Waals surface area contributed by atoms with E-state index in [0.29, 0.717) is 29.5 Å². The molecule has 0 spiro atoms. The van der Waals surface area contributed by atoms with Crippen LogP contribution in [0.2, 0.25) is 0 Å². The van der Waals surface area contributed by atoms with Crippen LogP contribution < -0.4 is 5.32 Å². The van der Waals surface area contributed by atoms with Crippen LogP contribution in [0.25, 0.3) is 0 Å². The highest BCUT2D eigenvalue weighted by Gasteiger charge is 2.33. The van der Waals surface area contributed by atoms with Gasteiger partial charge in [-0.1, -0.05) is 60.7 Å². The highest BCUT2D eigenvalue weighted by atomic mass is 32.2. The van der Waals surface area contributed by atoms with Crippen molar-refractivity contribution in [3.05, 3.63) is 113 Å². The average Bonchev–Trinajstić information content (AvgIpc) is 3.17. The molecule has 0 bridgehead atoms. The Hall–Kier alpha value is -4.17. The number of thioether (sulfide) groups is 1. The molecule has 0 unspecified atom stereocenters. The second kappa shape index (κ2) is 11.3. The van der Waals surface area contributed by atoms with Crippen LogP contribution in [0.1, 0.15) is 21.5 Å². The molecule has 2 amide bonds. The molecule has 3 aromatic carbocycles. The Morgan fingerprint density at radius 1 is 0.943 bits per heavy atom. The minimum Gasteiger partial charge on any atom is -0.465 e. The first-order valence-electron chi connectivity index (χ1n) is 10.9. The molecule has 1 N–H and O–H groups in total. The number of ether oxygens (including phenoxy) is 1. The lowest BCUT2D eigenvalue weighted by atomic mass is 10.2. The van der Waals surface area contributed by atoms with Crippen molar-refractivity contribution < 1.29 is 19.1 Å². The summed E-state index contributed by atoms with van der Waals surface area (Å²) in [6, 6.07) is 25.7. The first-order chi connectivity index (χ1) is 17.0. The molecular weight excluding hydrogens is 462 g/mol. The summed E-state index contributed by atoms with van der Waals surface area (Å²) in [5, 5.41) is 3.26. The lowest BCUT2D eigenvalue weighted by molar-refractivity contribution is -0.123. The maximum atomic E-state index is 13.2. The maximum Gasteiger partial charge on any atom is 0.337 e. The number of hydrogen-bond donors (Lipinski definition) is 1. The zero-order chi connectivity index (χ0) is 24.6. The summed E-state index contributed by atoms with van der Waals surface area (Å²) in [6.45, 7) is 0.780. The average molecular weight is 486 g/mol. The summed E-state index contributed by atoms with van der Waals surface area (Å²) >= 11 is 1.18. The van der Waals surface area contributed by atoms with E-state index in [1.165, 1.54) is 24.9 Å². The standard InChI is InChI=1S/C27H23N3O4S/c1-34-26(33)21-12-14-22(15-13-21)29-24(31)16-23-25(32)30(18-20-10-6-3-7-11-20)27(35-23)28-17-19-8-4-2-5-9-19/h2-16H,17-18H2,1H3,(H,29,31)/b23-16+,28-27?. The van der Waals surface area contributed by atoms with Crippen LogP contribution in [0.4, 0.5) is 5.69 Å². The van der Waals surface area contributed by atoms with Crippen molar-refractivity contribution in [2.75, 3.05) is 12.4 Å². The van der Waals surface area contributed by atoms with Crippen molar-refractivity contribution >= 4 is 40.4 Å².